The predicted molar refractivity (Wildman–Crippen MR) is 23.8 cm³/mol. The van der Waals surface area contributed by atoms with E-state index in [1.807, 2.05) is 12.2 Å². The van der Waals surface area contributed by atoms with Gasteiger partial charge in [-0.3, -0.25) is 6.08 Å². The molecule has 6 heavy (non-hydrogen) atoms. The van der Waals surface area contributed by atoms with Crippen LogP contribution in [0.4, 0.5) is 0 Å². The molecule has 0 bridgehead atoms. The number of hydrogen-bond donors (Lipinski definition) is 0. The molecule has 0 saturated heterocycles. The SMILES string of the molecule is [C-]1=CC=CC1.[H-].[H-].[Os+2]. The van der Waals surface area contributed by atoms with E-state index in [2.05, 4.69) is 12.2 Å². The second-order valence-corrected chi connectivity index (χ2v) is 1.00. The molecule has 0 heterocycles. The number of allylic oxidation sites excluding steroid dienone is 4. The van der Waals surface area contributed by atoms with Gasteiger partial charge in [0.1, 0.15) is 0 Å². The van der Waals surface area contributed by atoms with Gasteiger partial charge in [0.05, 0.1) is 0 Å². The van der Waals surface area contributed by atoms with E-state index < -0.39 is 0 Å². The van der Waals surface area contributed by atoms with Crippen molar-refractivity contribution < 1.29 is 22.6 Å². The van der Waals surface area contributed by atoms with E-state index in [-0.39, 0.29) is 22.6 Å². The van der Waals surface area contributed by atoms with E-state index in [9.17, 15) is 0 Å². The molecule has 1 rings (SSSR count). The molecular formula is C5H7Os-. The van der Waals surface area contributed by atoms with Crippen molar-refractivity contribution in [2.24, 2.45) is 0 Å². The molecule has 0 aromatic rings. The summed E-state index contributed by atoms with van der Waals surface area (Å²) < 4.78 is 0. The summed E-state index contributed by atoms with van der Waals surface area (Å²) in [6.07, 6.45) is 10.0. The standard InChI is InChI=1S/C5H5.Os.2H/c1-2-4-5-3-1;;;/h1-3H,4H2;;;/q-1;+2;2*-1. The second-order valence-electron chi connectivity index (χ2n) is 1.00. The Morgan fingerprint density at radius 1 is 1.67 bits per heavy atom. The summed E-state index contributed by atoms with van der Waals surface area (Å²) in [5, 5.41) is 0. The average Bonchev–Trinajstić information content (AvgIpc) is 1.76. The molecule has 1 aliphatic rings. The first-order valence-electron chi connectivity index (χ1n) is 1.72. The molecule has 0 atom stereocenters. The Morgan fingerprint density at radius 2 is 2.50 bits per heavy atom. The van der Waals surface area contributed by atoms with E-state index in [0.29, 0.717) is 0 Å². The van der Waals surface area contributed by atoms with Gasteiger partial charge in [0.25, 0.3) is 0 Å². The van der Waals surface area contributed by atoms with Crippen LogP contribution in [0.3, 0.4) is 0 Å². The summed E-state index contributed by atoms with van der Waals surface area (Å²) in [5.41, 5.74) is 0. The monoisotopic (exact) mass is 259 g/mol. The predicted octanol–water partition coefficient (Wildman–Crippen LogP) is 1.53. The van der Waals surface area contributed by atoms with E-state index in [0.717, 1.165) is 6.42 Å². The maximum Gasteiger partial charge on any atom is 2.00 e. The van der Waals surface area contributed by atoms with Crippen LogP contribution in [0.5, 0.6) is 0 Å². The van der Waals surface area contributed by atoms with Crippen LogP contribution in [0.15, 0.2) is 18.2 Å². The van der Waals surface area contributed by atoms with Crippen LogP contribution in [0, 0.1) is 6.08 Å². The van der Waals surface area contributed by atoms with Crippen molar-refractivity contribution in [2.45, 2.75) is 6.42 Å². The molecule has 0 spiro atoms. The minimum Gasteiger partial charge on any atom is -1.00 e. The molecule has 0 aliphatic heterocycles. The van der Waals surface area contributed by atoms with Crippen molar-refractivity contribution in [2.75, 3.05) is 0 Å². The quantitative estimate of drug-likeness (QED) is 0.577. The number of hydrogen-bond acceptors (Lipinski definition) is 0. The minimum absolute atomic E-state index is 0. The molecule has 0 radical (unpaired) electrons. The summed E-state index contributed by atoms with van der Waals surface area (Å²) in [4.78, 5) is 0. The van der Waals surface area contributed by atoms with Gasteiger partial charge in [-0.25, -0.2) is 12.2 Å². The molecule has 0 aromatic heterocycles. The molecule has 0 N–H and O–H groups in total. The molecule has 1 heteroatoms. The van der Waals surface area contributed by atoms with Crippen molar-refractivity contribution in [3.8, 4) is 0 Å². The third-order valence-electron chi connectivity index (χ3n) is 0.586. The van der Waals surface area contributed by atoms with Crippen molar-refractivity contribution >= 4 is 0 Å². The molecule has 0 unspecified atom stereocenters. The fourth-order valence-electron chi connectivity index (χ4n) is 0.340. The third kappa shape index (κ3) is 1.53. The van der Waals surface area contributed by atoms with Gasteiger partial charge in [-0.1, -0.05) is 0 Å². The smallest absolute Gasteiger partial charge is 1.00 e. The van der Waals surface area contributed by atoms with Crippen LogP contribution >= 0.6 is 0 Å². The van der Waals surface area contributed by atoms with Gasteiger partial charge in [0, 0.05) is 0 Å². The van der Waals surface area contributed by atoms with Gasteiger partial charge in [-0.15, -0.1) is 6.42 Å². The molecule has 0 nitrogen and oxygen atoms in total. The van der Waals surface area contributed by atoms with E-state index in [1.165, 1.54) is 0 Å². The summed E-state index contributed by atoms with van der Waals surface area (Å²) in [7, 11) is 0. The Balaban J connectivity index is -0.0000000833. The van der Waals surface area contributed by atoms with E-state index in [4.69, 9.17) is 0 Å². The fraction of sp³-hybridized carbons (Fsp3) is 0.200. The minimum atomic E-state index is 0. The first-order valence-corrected chi connectivity index (χ1v) is 1.72. The summed E-state index contributed by atoms with van der Waals surface area (Å²) in [6.45, 7) is 0. The van der Waals surface area contributed by atoms with Crippen LogP contribution in [-0.2, 0) is 19.8 Å². The van der Waals surface area contributed by atoms with Gasteiger partial charge >= 0.3 is 19.8 Å². The zero-order valence-corrected chi connectivity index (χ0v) is 5.83. The number of rotatable bonds is 0. The van der Waals surface area contributed by atoms with Gasteiger partial charge < -0.3 is 2.85 Å². The van der Waals surface area contributed by atoms with Gasteiger partial charge in [0.2, 0.25) is 0 Å². The Labute approximate surface area is 54.0 Å². The fourth-order valence-corrected chi connectivity index (χ4v) is 0.340. The molecule has 0 amide bonds. The summed E-state index contributed by atoms with van der Waals surface area (Å²) >= 11 is 0. The molecular weight excluding hydrogens is 250 g/mol. The maximum absolute atomic E-state index is 2.99. The Bertz CT molecular complexity index is 68.5. The Morgan fingerprint density at radius 3 is 2.67 bits per heavy atom. The van der Waals surface area contributed by atoms with Gasteiger partial charge in [-0.05, 0) is 0 Å². The van der Waals surface area contributed by atoms with Crippen molar-refractivity contribution in [1.82, 2.24) is 0 Å². The molecule has 1 aliphatic carbocycles. The molecule has 0 aromatic carbocycles. The normalized spacial score (nSPS) is 14.7. The summed E-state index contributed by atoms with van der Waals surface area (Å²) in [5.74, 6) is 0. The Kier molecular flexibility index (Phi) is 3.38. The molecule has 0 saturated carbocycles. The van der Waals surface area contributed by atoms with Crippen LogP contribution < -0.4 is 0 Å². The van der Waals surface area contributed by atoms with Crippen LogP contribution in [-0.4, -0.2) is 0 Å². The zero-order valence-electron chi connectivity index (χ0n) is 5.29. The molecule has 36 valence electrons. The average molecular weight is 257 g/mol. The van der Waals surface area contributed by atoms with Crippen molar-refractivity contribution in [1.29, 1.82) is 0 Å². The largest absolute Gasteiger partial charge is 2.00 e. The summed E-state index contributed by atoms with van der Waals surface area (Å²) in [6, 6.07) is 0. The Hall–Kier alpha value is 0.116. The first kappa shape index (κ1) is 6.12. The maximum atomic E-state index is 2.99. The van der Waals surface area contributed by atoms with Gasteiger partial charge in [0.15, 0.2) is 0 Å². The van der Waals surface area contributed by atoms with Crippen LogP contribution in [0.2, 0.25) is 0 Å². The van der Waals surface area contributed by atoms with E-state index in [1.54, 1.807) is 0 Å². The van der Waals surface area contributed by atoms with Crippen molar-refractivity contribution in [3.05, 3.63) is 24.3 Å². The topological polar surface area (TPSA) is 0 Å². The second kappa shape index (κ2) is 3.31. The van der Waals surface area contributed by atoms with Gasteiger partial charge in [-0.2, -0.15) is 6.08 Å². The molecule has 0 fully saturated rings. The van der Waals surface area contributed by atoms with E-state index >= 15 is 0 Å². The zero-order chi connectivity index (χ0) is 3.54. The first-order chi connectivity index (χ1) is 2.50. The third-order valence-corrected chi connectivity index (χ3v) is 0.586. The van der Waals surface area contributed by atoms with Crippen molar-refractivity contribution in [3.63, 3.8) is 0 Å². The van der Waals surface area contributed by atoms with Crippen LogP contribution in [0.25, 0.3) is 0 Å². The van der Waals surface area contributed by atoms with Crippen LogP contribution in [0.1, 0.15) is 9.27 Å².